The van der Waals surface area contributed by atoms with Gasteiger partial charge in [0.05, 0.1) is 18.4 Å². The van der Waals surface area contributed by atoms with Crippen molar-refractivity contribution in [2.45, 2.75) is 51.2 Å². The third-order valence-electron chi connectivity index (χ3n) is 7.81. The van der Waals surface area contributed by atoms with Crippen LogP contribution in [0.4, 0.5) is 11.4 Å². The van der Waals surface area contributed by atoms with Crippen molar-refractivity contribution < 1.29 is 32.6 Å². The summed E-state index contributed by atoms with van der Waals surface area (Å²) in [4.78, 5) is 37.3. The molecule has 0 bridgehead atoms. The topological polar surface area (TPSA) is 182 Å². The molecule has 0 fully saturated rings. The first kappa shape index (κ1) is 35.7. The number of benzene rings is 4. The van der Waals surface area contributed by atoms with Crippen molar-refractivity contribution in [2.75, 3.05) is 15.9 Å². The van der Waals surface area contributed by atoms with E-state index in [0.717, 1.165) is 34.2 Å². The quantitative estimate of drug-likeness (QED) is 0.113. The molecule has 12 heteroatoms. The number of nitrogens with zero attached hydrogens (tertiary/aromatic N) is 1. The Bertz CT molecular complexity index is 1850. The van der Waals surface area contributed by atoms with Crippen LogP contribution >= 0.6 is 0 Å². The zero-order valence-corrected chi connectivity index (χ0v) is 27.7. The summed E-state index contributed by atoms with van der Waals surface area (Å²) in [6.45, 7) is 3.08. The zero-order valence-electron chi connectivity index (χ0n) is 26.9. The molecule has 1 atom stereocenters. The number of nitrogens with one attached hydrogen (secondary N) is 1. The Morgan fingerprint density at radius 1 is 0.833 bits per heavy atom. The third kappa shape index (κ3) is 9.90. The number of rotatable bonds is 17. The number of ketones is 1. The van der Waals surface area contributed by atoms with Crippen molar-refractivity contribution in [3.8, 4) is 11.5 Å². The number of amides is 1. The maximum Gasteiger partial charge on any atom is 0.332 e. The summed E-state index contributed by atoms with van der Waals surface area (Å²) in [5.41, 5.74) is 13.8. The first-order valence-electron chi connectivity index (χ1n) is 15.3. The summed E-state index contributed by atoms with van der Waals surface area (Å²) < 4.78 is 32.6. The Labute approximate surface area is 280 Å². The van der Waals surface area contributed by atoms with E-state index in [1.54, 1.807) is 6.07 Å². The Kier molecular flexibility index (Phi) is 11.6. The summed E-state index contributed by atoms with van der Waals surface area (Å²) in [6, 6.07) is 30.7. The molecule has 11 nitrogen and oxygen atoms in total. The molecule has 252 valence electrons. The highest BCUT2D eigenvalue weighted by Gasteiger charge is 2.42. The zero-order chi connectivity index (χ0) is 34.9. The van der Waals surface area contributed by atoms with Gasteiger partial charge in [0.15, 0.2) is 11.3 Å². The molecule has 0 aliphatic carbocycles. The normalized spacial score (nSPS) is 12.5. The van der Waals surface area contributed by atoms with Crippen molar-refractivity contribution in [2.24, 2.45) is 11.5 Å². The van der Waals surface area contributed by atoms with E-state index in [4.69, 9.17) is 16.2 Å². The van der Waals surface area contributed by atoms with E-state index in [1.165, 1.54) is 0 Å². The molecule has 0 aliphatic rings. The van der Waals surface area contributed by atoms with E-state index in [9.17, 15) is 27.9 Å². The average molecular weight is 673 g/mol. The first-order valence-corrected chi connectivity index (χ1v) is 17.2. The number of aryl methyl sites for hydroxylation is 1. The van der Waals surface area contributed by atoms with Gasteiger partial charge in [0.1, 0.15) is 11.5 Å². The molecule has 48 heavy (non-hydrogen) atoms. The lowest BCUT2D eigenvalue weighted by Crippen LogP contribution is -2.57. The lowest BCUT2D eigenvalue weighted by molar-refractivity contribution is -0.150. The van der Waals surface area contributed by atoms with Gasteiger partial charge in [0.25, 0.3) is 0 Å². The van der Waals surface area contributed by atoms with Crippen molar-refractivity contribution in [1.82, 2.24) is 0 Å². The smallest absolute Gasteiger partial charge is 0.332 e. The fraction of sp³-hybridized carbons (Fsp3) is 0.250. The number of aliphatic carboxylic acids is 1. The Hall–Kier alpha value is -5.20. The number of sulfonamides is 1. The molecule has 0 spiro atoms. The fourth-order valence-electron chi connectivity index (χ4n) is 5.29. The van der Waals surface area contributed by atoms with Gasteiger partial charge in [-0.3, -0.25) is 14.3 Å². The lowest BCUT2D eigenvalue weighted by Gasteiger charge is -2.28. The molecule has 0 saturated heterocycles. The van der Waals surface area contributed by atoms with Gasteiger partial charge in [-0.25, -0.2) is 13.2 Å². The molecule has 4 rings (SSSR count). The SMILES string of the molecule is Cc1c(NS(C)(=O)=O)cccc1N(Cc1ccccc1)Cc1ccc(Oc2ccc(CCCC(=O)[C@](N)(CC(N)=O)C(=O)O)cc2)cc1. The number of nitrogens with two attached hydrogens (primary N) is 2. The summed E-state index contributed by atoms with van der Waals surface area (Å²) in [7, 11) is -3.44. The number of hydrogen-bond acceptors (Lipinski definition) is 8. The predicted octanol–water partition coefficient (Wildman–Crippen LogP) is 4.91. The second-order valence-corrected chi connectivity index (χ2v) is 13.5. The molecule has 1 amide bonds. The minimum Gasteiger partial charge on any atom is -0.480 e. The molecule has 4 aromatic rings. The highest BCUT2D eigenvalue weighted by atomic mass is 32.2. The van der Waals surface area contributed by atoms with Gasteiger partial charge in [-0.15, -0.1) is 0 Å². The maximum absolute atomic E-state index is 12.4. The molecule has 0 unspecified atom stereocenters. The summed E-state index contributed by atoms with van der Waals surface area (Å²) in [5, 5.41) is 9.34. The Balaban J connectivity index is 1.40. The molecule has 0 heterocycles. The van der Waals surface area contributed by atoms with Crippen molar-refractivity contribution >= 4 is 39.1 Å². The van der Waals surface area contributed by atoms with Crippen LogP contribution in [0.1, 0.15) is 41.5 Å². The minimum absolute atomic E-state index is 0.105. The predicted molar refractivity (Wildman–Crippen MR) is 185 cm³/mol. The van der Waals surface area contributed by atoms with E-state index >= 15 is 0 Å². The molecule has 0 radical (unpaired) electrons. The molecule has 4 aromatic carbocycles. The monoisotopic (exact) mass is 672 g/mol. The molecule has 6 N–H and O–H groups in total. The van der Waals surface area contributed by atoms with Crippen LogP contribution in [0.5, 0.6) is 11.5 Å². The highest BCUT2D eigenvalue weighted by molar-refractivity contribution is 7.92. The van der Waals surface area contributed by atoms with Gasteiger partial charge in [-0.2, -0.15) is 0 Å². The molecular formula is C36H40N4O7S. The molecule has 0 aromatic heterocycles. The second kappa shape index (κ2) is 15.6. The van der Waals surface area contributed by atoms with Crippen LogP contribution < -0.4 is 25.8 Å². The van der Waals surface area contributed by atoms with Crippen molar-refractivity contribution in [3.63, 3.8) is 0 Å². The number of carboxylic acids is 1. The number of primary amides is 1. The van der Waals surface area contributed by atoms with Crippen LogP contribution in [0, 0.1) is 6.92 Å². The fourth-order valence-corrected chi connectivity index (χ4v) is 5.91. The number of ether oxygens (including phenoxy) is 1. The number of carbonyl (C=O) groups is 3. The van der Waals surface area contributed by atoms with Crippen LogP contribution in [0.25, 0.3) is 0 Å². The number of carboxylic acid groups (broad SMARTS) is 1. The van der Waals surface area contributed by atoms with E-state index in [1.807, 2.05) is 85.8 Å². The van der Waals surface area contributed by atoms with Gasteiger partial charge in [-0.1, -0.05) is 60.7 Å². The van der Waals surface area contributed by atoms with Gasteiger partial charge >= 0.3 is 5.97 Å². The summed E-state index contributed by atoms with van der Waals surface area (Å²) in [6.07, 6.45) is 1.13. The van der Waals surface area contributed by atoms with E-state index in [0.29, 0.717) is 43.1 Å². The van der Waals surface area contributed by atoms with Gasteiger partial charge in [-0.05, 0) is 78.4 Å². The Morgan fingerprint density at radius 3 is 1.94 bits per heavy atom. The molecule has 0 aliphatic heterocycles. The van der Waals surface area contributed by atoms with Crippen molar-refractivity contribution in [1.29, 1.82) is 0 Å². The molecular weight excluding hydrogens is 632 g/mol. The second-order valence-electron chi connectivity index (χ2n) is 11.8. The summed E-state index contributed by atoms with van der Waals surface area (Å²) in [5.74, 6) is -2.01. The van der Waals surface area contributed by atoms with Gasteiger partial charge in [0, 0.05) is 25.2 Å². The van der Waals surface area contributed by atoms with Gasteiger partial charge < -0.3 is 26.2 Å². The minimum atomic E-state index is -3.44. The number of carbonyl (C=O) groups excluding carboxylic acids is 2. The van der Waals surface area contributed by atoms with Crippen LogP contribution in [-0.4, -0.2) is 43.0 Å². The van der Waals surface area contributed by atoms with Crippen LogP contribution in [-0.2, 0) is 43.9 Å². The number of anilines is 2. The molecule has 0 saturated carbocycles. The largest absolute Gasteiger partial charge is 0.480 e. The van der Waals surface area contributed by atoms with E-state index < -0.39 is 39.6 Å². The van der Waals surface area contributed by atoms with Crippen molar-refractivity contribution in [3.05, 3.63) is 119 Å². The summed E-state index contributed by atoms with van der Waals surface area (Å²) >= 11 is 0. The standard InChI is InChI=1S/C36H40N4O7S/c1-25-31(39-48(2,45)46)11-7-12-32(25)40(23-27-8-4-3-5-9-27)24-28-16-20-30(21-17-28)47-29-18-14-26(15-19-29)10-6-13-33(41)36(38,35(43)44)22-34(37)42/h3-5,7-9,11-12,14-21,39H,6,10,13,22-24,38H2,1-2H3,(H2,37,42)(H,43,44)/t36-/m1/s1. The lowest BCUT2D eigenvalue weighted by atomic mass is 9.87. The highest BCUT2D eigenvalue weighted by Crippen LogP contribution is 2.31. The first-order chi connectivity index (χ1) is 22.7. The van der Waals surface area contributed by atoms with Gasteiger partial charge in [0.2, 0.25) is 15.9 Å². The average Bonchev–Trinajstić information content (AvgIpc) is 3.03. The van der Waals surface area contributed by atoms with Crippen LogP contribution in [0.2, 0.25) is 0 Å². The van der Waals surface area contributed by atoms with E-state index in [-0.39, 0.29) is 6.42 Å². The van der Waals surface area contributed by atoms with Crippen LogP contribution in [0.3, 0.4) is 0 Å². The number of hydrogen-bond donors (Lipinski definition) is 4. The van der Waals surface area contributed by atoms with Crippen LogP contribution in [0.15, 0.2) is 97.1 Å². The number of Topliss-reactive ketones (excluding diaryl/α,β-unsaturated/α-hetero) is 1. The maximum atomic E-state index is 12.4. The van der Waals surface area contributed by atoms with E-state index in [2.05, 4.69) is 21.8 Å². The Morgan fingerprint density at radius 2 is 1.40 bits per heavy atom. The third-order valence-corrected chi connectivity index (χ3v) is 8.41.